The molecule has 1 aromatic carbocycles. The van der Waals surface area contributed by atoms with Crippen LogP contribution in [0.25, 0.3) is 0 Å². The molecule has 1 aliphatic carbocycles. The maximum absolute atomic E-state index is 12.5. The highest BCUT2D eigenvalue weighted by Gasteiger charge is 2.54. The van der Waals surface area contributed by atoms with E-state index in [0.717, 1.165) is 43.5 Å². The van der Waals surface area contributed by atoms with E-state index in [1.807, 2.05) is 29.2 Å². The van der Waals surface area contributed by atoms with Crippen LogP contribution in [-0.2, 0) is 20.7 Å². The van der Waals surface area contributed by atoms with Crippen molar-refractivity contribution < 1.29 is 19.0 Å². The Morgan fingerprint density at radius 2 is 1.96 bits per heavy atom. The van der Waals surface area contributed by atoms with E-state index in [0.29, 0.717) is 25.4 Å². The fourth-order valence-electron chi connectivity index (χ4n) is 3.84. The lowest BCUT2D eigenvalue weighted by molar-refractivity contribution is -0.168. The minimum Gasteiger partial charge on any atom is -0.497 e. The average Bonchev–Trinajstić information content (AvgIpc) is 3.31. The van der Waals surface area contributed by atoms with E-state index in [4.69, 9.17) is 14.2 Å². The van der Waals surface area contributed by atoms with Crippen LogP contribution in [0.2, 0.25) is 0 Å². The Bertz CT molecular complexity index is 605. The van der Waals surface area contributed by atoms with E-state index in [1.54, 1.807) is 7.11 Å². The minimum absolute atomic E-state index is 0.154. The summed E-state index contributed by atoms with van der Waals surface area (Å²) in [5.74, 6) is 2.20. The van der Waals surface area contributed by atoms with Crippen LogP contribution in [0.3, 0.4) is 0 Å². The van der Waals surface area contributed by atoms with Gasteiger partial charge in [0.2, 0.25) is 5.91 Å². The molecule has 4 rings (SSSR count). The number of methoxy groups -OCH3 is 1. The van der Waals surface area contributed by atoms with Gasteiger partial charge in [-0.2, -0.15) is 0 Å². The molecule has 0 aromatic heterocycles. The molecule has 2 aliphatic heterocycles. The number of rotatable bonds is 7. The molecule has 5 nitrogen and oxygen atoms in total. The number of hydrogen-bond acceptors (Lipinski definition) is 4. The van der Waals surface area contributed by atoms with E-state index < -0.39 is 0 Å². The van der Waals surface area contributed by atoms with E-state index in [2.05, 4.69) is 0 Å². The third kappa shape index (κ3) is 3.67. The van der Waals surface area contributed by atoms with Crippen LogP contribution in [0.1, 0.15) is 24.8 Å². The normalized spacial score (nSPS) is 24.4. The summed E-state index contributed by atoms with van der Waals surface area (Å²) >= 11 is 0. The van der Waals surface area contributed by atoms with Gasteiger partial charge in [-0.3, -0.25) is 4.79 Å². The predicted molar refractivity (Wildman–Crippen MR) is 93.6 cm³/mol. The van der Waals surface area contributed by atoms with Gasteiger partial charge in [0, 0.05) is 19.1 Å². The Labute approximate surface area is 149 Å². The highest BCUT2D eigenvalue weighted by Crippen LogP contribution is 2.40. The van der Waals surface area contributed by atoms with Crippen molar-refractivity contribution in [3.8, 4) is 5.75 Å². The monoisotopic (exact) mass is 345 g/mol. The Morgan fingerprint density at radius 1 is 1.20 bits per heavy atom. The summed E-state index contributed by atoms with van der Waals surface area (Å²) in [5, 5.41) is 0. The standard InChI is InChI=1S/C20H27NO4/c1-23-18-6-4-15(5-7-18)10-19(22)21-13-20(14-21)17(8-9-25-20)12-24-11-16-2-3-16/h4-7,16-17H,2-3,8-14H2,1H3/t17-/m0/s1. The Balaban J connectivity index is 1.26. The van der Waals surface area contributed by atoms with Crippen LogP contribution in [0.5, 0.6) is 5.75 Å². The maximum Gasteiger partial charge on any atom is 0.227 e. The summed E-state index contributed by atoms with van der Waals surface area (Å²) in [7, 11) is 1.64. The maximum atomic E-state index is 12.5. The lowest BCUT2D eigenvalue weighted by Gasteiger charge is -2.50. The van der Waals surface area contributed by atoms with Gasteiger partial charge in [-0.1, -0.05) is 12.1 Å². The van der Waals surface area contributed by atoms with E-state index in [-0.39, 0.29) is 11.5 Å². The molecule has 1 aromatic rings. The average molecular weight is 345 g/mol. The van der Waals surface area contributed by atoms with Gasteiger partial charge in [0.25, 0.3) is 0 Å². The molecule has 5 heteroatoms. The molecule has 0 unspecified atom stereocenters. The van der Waals surface area contributed by atoms with Gasteiger partial charge in [0.1, 0.15) is 11.4 Å². The predicted octanol–water partition coefficient (Wildman–Crippen LogP) is 2.28. The van der Waals surface area contributed by atoms with Crippen molar-refractivity contribution in [1.29, 1.82) is 0 Å². The summed E-state index contributed by atoms with van der Waals surface area (Å²) in [5.41, 5.74) is 0.863. The van der Waals surface area contributed by atoms with Crippen LogP contribution < -0.4 is 4.74 Å². The first-order valence-electron chi connectivity index (χ1n) is 9.31. The molecule has 1 saturated carbocycles. The zero-order valence-corrected chi connectivity index (χ0v) is 14.9. The Hall–Kier alpha value is -1.59. The van der Waals surface area contributed by atoms with E-state index >= 15 is 0 Å². The molecule has 2 saturated heterocycles. The second-order valence-corrected chi connectivity index (χ2v) is 7.65. The van der Waals surface area contributed by atoms with Gasteiger partial charge < -0.3 is 19.1 Å². The lowest BCUT2D eigenvalue weighted by atomic mass is 9.81. The first-order chi connectivity index (χ1) is 12.2. The van der Waals surface area contributed by atoms with Crippen LogP contribution in [-0.4, -0.2) is 56.4 Å². The number of ether oxygens (including phenoxy) is 3. The molecule has 1 amide bonds. The first kappa shape index (κ1) is 16.9. The van der Waals surface area contributed by atoms with Crippen molar-refractivity contribution in [3.63, 3.8) is 0 Å². The molecule has 136 valence electrons. The SMILES string of the molecule is COc1ccc(CC(=O)N2CC3(C2)OCC[C@H]3COCC2CC2)cc1. The fourth-order valence-corrected chi connectivity index (χ4v) is 3.84. The Morgan fingerprint density at radius 3 is 2.64 bits per heavy atom. The van der Waals surface area contributed by atoms with E-state index in [1.165, 1.54) is 12.8 Å². The van der Waals surface area contributed by atoms with Crippen LogP contribution in [0.15, 0.2) is 24.3 Å². The van der Waals surface area contributed by atoms with Crippen molar-refractivity contribution in [2.75, 3.05) is 40.0 Å². The molecule has 0 radical (unpaired) electrons. The number of nitrogens with zero attached hydrogens (tertiary/aromatic N) is 1. The lowest BCUT2D eigenvalue weighted by Crippen LogP contribution is -2.66. The number of benzene rings is 1. The summed E-state index contributed by atoms with van der Waals surface area (Å²) in [6.07, 6.45) is 4.12. The molecule has 0 N–H and O–H groups in total. The van der Waals surface area contributed by atoms with Crippen LogP contribution >= 0.6 is 0 Å². The third-order valence-corrected chi connectivity index (χ3v) is 5.75. The molecule has 25 heavy (non-hydrogen) atoms. The van der Waals surface area contributed by atoms with Gasteiger partial charge >= 0.3 is 0 Å². The summed E-state index contributed by atoms with van der Waals surface area (Å²) in [6, 6.07) is 7.70. The van der Waals surface area contributed by atoms with Gasteiger partial charge in [-0.25, -0.2) is 0 Å². The largest absolute Gasteiger partial charge is 0.497 e. The first-order valence-corrected chi connectivity index (χ1v) is 9.31. The van der Waals surface area contributed by atoms with Crippen molar-refractivity contribution in [1.82, 2.24) is 4.90 Å². The molecule has 1 atom stereocenters. The van der Waals surface area contributed by atoms with Gasteiger partial charge in [0.05, 0.1) is 33.2 Å². The summed E-state index contributed by atoms with van der Waals surface area (Å²) in [4.78, 5) is 14.4. The molecule has 1 spiro atoms. The fraction of sp³-hybridized carbons (Fsp3) is 0.650. The molecule has 3 aliphatic rings. The van der Waals surface area contributed by atoms with Crippen molar-refractivity contribution in [2.45, 2.75) is 31.3 Å². The summed E-state index contributed by atoms with van der Waals surface area (Å²) in [6.45, 7) is 3.88. The highest BCUT2D eigenvalue weighted by molar-refractivity contribution is 5.80. The molecule has 0 bridgehead atoms. The summed E-state index contributed by atoms with van der Waals surface area (Å²) < 4.78 is 17.1. The van der Waals surface area contributed by atoms with Crippen molar-refractivity contribution in [3.05, 3.63) is 29.8 Å². The van der Waals surface area contributed by atoms with Gasteiger partial charge in [-0.15, -0.1) is 0 Å². The van der Waals surface area contributed by atoms with Crippen LogP contribution in [0.4, 0.5) is 0 Å². The molecule has 3 fully saturated rings. The second-order valence-electron chi connectivity index (χ2n) is 7.65. The number of carbonyl (C=O) groups excluding carboxylic acids is 1. The zero-order chi connectivity index (χ0) is 17.3. The third-order valence-electron chi connectivity index (χ3n) is 5.75. The quantitative estimate of drug-likeness (QED) is 0.761. The van der Waals surface area contributed by atoms with Gasteiger partial charge in [0.15, 0.2) is 0 Å². The Kier molecular flexibility index (Phi) is 4.69. The number of amides is 1. The smallest absolute Gasteiger partial charge is 0.227 e. The topological polar surface area (TPSA) is 48.0 Å². The molecule has 2 heterocycles. The number of hydrogen-bond donors (Lipinski definition) is 0. The molecular weight excluding hydrogens is 318 g/mol. The van der Waals surface area contributed by atoms with Crippen molar-refractivity contribution in [2.24, 2.45) is 11.8 Å². The molecular formula is C20H27NO4. The minimum atomic E-state index is -0.154. The number of likely N-dealkylation sites (tertiary alicyclic amines) is 1. The second kappa shape index (κ2) is 6.96. The zero-order valence-electron chi connectivity index (χ0n) is 14.9. The van der Waals surface area contributed by atoms with Crippen LogP contribution in [0, 0.1) is 11.8 Å². The van der Waals surface area contributed by atoms with Gasteiger partial charge in [-0.05, 0) is 42.9 Å². The highest BCUT2D eigenvalue weighted by atomic mass is 16.5. The van der Waals surface area contributed by atoms with Crippen molar-refractivity contribution >= 4 is 5.91 Å². The van der Waals surface area contributed by atoms with E-state index in [9.17, 15) is 4.79 Å². The number of carbonyl (C=O) groups is 1.